The number of fused-ring (bicyclic) bond motifs is 1. The second-order valence-electron chi connectivity index (χ2n) is 8.12. The molecule has 0 unspecified atom stereocenters. The molecule has 0 bridgehead atoms. The lowest BCUT2D eigenvalue weighted by Crippen LogP contribution is -2.49. The lowest BCUT2D eigenvalue weighted by Gasteiger charge is -2.34. The summed E-state index contributed by atoms with van der Waals surface area (Å²) in [7, 11) is 0. The molecule has 2 aliphatic heterocycles. The molecule has 0 radical (unpaired) electrons. The van der Waals surface area contributed by atoms with Gasteiger partial charge in [-0.1, -0.05) is 24.2 Å². The molecule has 5 rings (SSSR count). The summed E-state index contributed by atoms with van der Waals surface area (Å²) >= 11 is 1.56. The average Bonchev–Trinajstić information content (AvgIpc) is 3.46. The molecule has 0 atom stereocenters. The topological polar surface area (TPSA) is 98.7 Å². The van der Waals surface area contributed by atoms with Gasteiger partial charge in [-0.15, -0.1) is 0 Å². The second kappa shape index (κ2) is 7.50. The summed E-state index contributed by atoms with van der Waals surface area (Å²) in [6.07, 6.45) is 5.24. The molecule has 2 aromatic rings. The van der Waals surface area contributed by atoms with Crippen LogP contribution in [-0.4, -0.2) is 75.9 Å². The maximum Gasteiger partial charge on any atom is 0.325 e. The first-order valence-corrected chi connectivity index (χ1v) is 11.3. The highest BCUT2D eigenvalue weighted by Gasteiger charge is 2.52. The minimum absolute atomic E-state index is 0.0198. The number of anilines is 1. The maximum absolute atomic E-state index is 12.7. The van der Waals surface area contributed by atoms with E-state index in [4.69, 9.17) is 0 Å². The number of nitrogens with one attached hydrogen (secondary N) is 1. The van der Waals surface area contributed by atoms with Crippen LogP contribution in [0, 0.1) is 0 Å². The standard InChI is InChI=1S/C20H24N6O3S/c27-15(5-9-26-17(28)20(23-18(26)29)6-1-2-7-20)24-10-12-25(13-11-24)19-22-14-4-3-8-21-16(14)30-19/h3-4,8H,1-2,5-7,9-13H2,(H,23,29). The van der Waals surface area contributed by atoms with Gasteiger partial charge in [-0.25, -0.2) is 14.8 Å². The number of hydrogen-bond acceptors (Lipinski definition) is 7. The van der Waals surface area contributed by atoms with Gasteiger partial charge >= 0.3 is 6.03 Å². The normalized spacial score (nSPS) is 21.1. The number of nitrogens with zero attached hydrogens (tertiary/aromatic N) is 5. The smallest absolute Gasteiger partial charge is 0.325 e. The van der Waals surface area contributed by atoms with Gasteiger partial charge in [-0.05, 0) is 25.0 Å². The van der Waals surface area contributed by atoms with E-state index in [0.29, 0.717) is 39.0 Å². The third kappa shape index (κ3) is 3.28. The number of thiazole rings is 1. The van der Waals surface area contributed by atoms with E-state index in [1.807, 2.05) is 17.0 Å². The van der Waals surface area contributed by atoms with Crippen molar-refractivity contribution in [1.82, 2.24) is 25.1 Å². The van der Waals surface area contributed by atoms with Crippen molar-refractivity contribution in [2.45, 2.75) is 37.6 Å². The number of piperazine rings is 1. The number of hydrogen-bond donors (Lipinski definition) is 1. The maximum atomic E-state index is 12.7. The Balaban J connectivity index is 1.14. The fourth-order valence-electron chi connectivity index (χ4n) is 4.60. The zero-order valence-corrected chi connectivity index (χ0v) is 17.5. The van der Waals surface area contributed by atoms with Crippen LogP contribution >= 0.6 is 11.3 Å². The van der Waals surface area contributed by atoms with Gasteiger partial charge in [-0.2, -0.15) is 0 Å². The fourth-order valence-corrected chi connectivity index (χ4v) is 5.56. The summed E-state index contributed by atoms with van der Waals surface area (Å²) in [4.78, 5) is 52.8. The molecule has 0 aromatic carbocycles. The van der Waals surface area contributed by atoms with Gasteiger partial charge in [0.1, 0.15) is 15.9 Å². The summed E-state index contributed by atoms with van der Waals surface area (Å²) < 4.78 is 0. The summed E-state index contributed by atoms with van der Waals surface area (Å²) in [5.74, 6) is -0.180. The van der Waals surface area contributed by atoms with E-state index in [1.165, 1.54) is 4.90 Å². The predicted octanol–water partition coefficient (Wildman–Crippen LogP) is 1.59. The van der Waals surface area contributed by atoms with Crippen LogP contribution in [0.15, 0.2) is 18.3 Å². The van der Waals surface area contributed by atoms with Crippen molar-refractivity contribution in [3.8, 4) is 0 Å². The number of imide groups is 1. The van der Waals surface area contributed by atoms with Crippen LogP contribution in [0.3, 0.4) is 0 Å². The van der Waals surface area contributed by atoms with Gasteiger partial charge in [0.2, 0.25) is 5.91 Å². The van der Waals surface area contributed by atoms with Crippen LogP contribution in [0.2, 0.25) is 0 Å². The number of rotatable bonds is 4. The average molecular weight is 429 g/mol. The zero-order chi connectivity index (χ0) is 20.7. The van der Waals surface area contributed by atoms with E-state index < -0.39 is 5.54 Å². The Hall–Kier alpha value is -2.75. The highest BCUT2D eigenvalue weighted by atomic mass is 32.1. The molecule has 10 heteroatoms. The number of carbonyl (C=O) groups excluding carboxylic acids is 3. The summed E-state index contributed by atoms with van der Waals surface area (Å²) in [5, 5.41) is 3.79. The van der Waals surface area contributed by atoms with Crippen molar-refractivity contribution in [3.63, 3.8) is 0 Å². The molecular formula is C20H24N6O3S. The second-order valence-corrected chi connectivity index (χ2v) is 9.07. The minimum Gasteiger partial charge on any atom is -0.344 e. The quantitative estimate of drug-likeness (QED) is 0.743. The Morgan fingerprint density at radius 1 is 1.17 bits per heavy atom. The number of urea groups is 1. The highest BCUT2D eigenvalue weighted by Crippen LogP contribution is 2.35. The first kappa shape index (κ1) is 19.2. The first-order valence-electron chi connectivity index (χ1n) is 10.4. The summed E-state index contributed by atoms with van der Waals surface area (Å²) in [6, 6.07) is 3.47. The largest absolute Gasteiger partial charge is 0.344 e. The van der Waals surface area contributed by atoms with E-state index in [2.05, 4.69) is 20.2 Å². The Morgan fingerprint density at radius 3 is 2.67 bits per heavy atom. The third-order valence-electron chi connectivity index (χ3n) is 6.31. The fraction of sp³-hybridized carbons (Fsp3) is 0.550. The Labute approximate surface area is 178 Å². The summed E-state index contributed by atoms with van der Waals surface area (Å²) in [5.41, 5.74) is 0.183. The third-order valence-corrected chi connectivity index (χ3v) is 7.35. The van der Waals surface area contributed by atoms with Gasteiger partial charge < -0.3 is 15.1 Å². The number of carbonyl (C=O) groups is 3. The lowest BCUT2D eigenvalue weighted by molar-refractivity contribution is -0.133. The van der Waals surface area contributed by atoms with Crippen LogP contribution < -0.4 is 10.2 Å². The van der Waals surface area contributed by atoms with E-state index >= 15 is 0 Å². The molecule has 1 N–H and O–H groups in total. The molecular weight excluding hydrogens is 404 g/mol. The van der Waals surface area contributed by atoms with Crippen molar-refractivity contribution < 1.29 is 14.4 Å². The van der Waals surface area contributed by atoms with Gasteiger partial charge in [0.15, 0.2) is 5.13 Å². The van der Waals surface area contributed by atoms with E-state index in [9.17, 15) is 14.4 Å². The molecule has 4 amide bonds. The molecule has 1 aliphatic carbocycles. The monoisotopic (exact) mass is 428 g/mol. The minimum atomic E-state index is -0.710. The van der Waals surface area contributed by atoms with Gasteiger partial charge in [-0.3, -0.25) is 14.5 Å². The molecule has 4 heterocycles. The van der Waals surface area contributed by atoms with E-state index in [1.54, 1.807) is 17.5 Å². The predicted molar refractivity (Wildman–Crippen MR) is 112 cm³/mol. The first-order chi connectivity index (χ1) is 14.6. The van der Waals surface area contributed by atoms with Gasteiger partial charge in [0.25, 0.3) is 5.91 Å². The van der Waals surface area contributed by atoms with Gasteiger partial charge in [0, 0.05) is 45.3 Å². The van der Waals surface area contributed by atoms with E-state index in [0.717, 1.165) is 28.3 Å². The zero-order valence-electron chi connectivity index (χ0n) is 16.7. The molecule has 30 heavy (non-hydrogen) atoms. The number of aromatic nitrogens is 2. The molecule has 1 spiro atoms. The van der Waals surface area contributed by atoms with Gasteiger partial charge in [0.05, 0.1) is 0 Å². The van der Waals surface area contributed by atoms with Crippen molar-refractivity contribution >= 4 is 44.7 Å². The molecule has 3 aliphatic rings. The van der Waals surface area contributed by atoms with Crippen LogP contribution in [0.1, 0.15) is 32.1 Å². The SMILES string of the molecule is O=C(CCN1C(=O)NC2(CCCC2)C1=O)N1CCN(c2nc3cccnc3s2)CC1. The van der Waals surface area contributed by atoms with Crippen LogP contribution in [-0.2, 0) is 9.59 Å². The number of pyridine rings is 1. The number of amides is 4. The Kier molecular flexibility index (Phi) is 4.80. The van der Waals surface area contributed by atoms with Crippen molar-refractivity contribution in [2.75, 3.05) is 37.6 Å². The lowest BCUT2D eigenvalue weighted by atomic mass is 9.98. The molecule has 2 saturated heterocycles. The molecule has 2 aromatic heterocycles. The van der Waals surface area contributed by atoms with Crippen molar-refractivity contribution in [3.05, 3.63) is 18.3 Å². The van der Waals surface area contributed by atoms with Crippen LogP contribution in [0.4, 0.5) is 9.93 Å². The van der Waals surface area contributed by atoms with E-state index in [-0.39, 0.29) is 30.8 Å². The highest BCUT2D eigenvalue weighted by molar-refractivity contribution is 7.21. The molecule has 3 fully saturated rings. The Morgan fingerprint density at radius 2 is 1.93 bits per heavy atom. The molecule has 158 valence electrons. The van der Waals surface area contributed by atoms with Crippen molar-refractivity contribution in [2.24, 2.45) is 0 Å². The Bertz CT molecular complexity index is 960. The molecule has 1 saturated carbocycles. The summed E-state index contributed by atoms with van der Waals surface area (Å²) in [6.45, 7) is 2.77. The van der Waals surface area contributed by atoms with Crippen LogP contribution in [0.5, 0.6) is 0 Å². The molecule has 9 nitrogen and oxygen atoms in total. The van der Waals surface area contributed by atoms with Crippen molar-refractivity contribution in [1.29, 1.82) is 0 Å². The van der Waals surface area contributed by atoms with Crippen LogP contribution in [0.25, 0.3) is 10.3 Å².